The fraction of sp³-hybridized carbons (Fsp3) is 0.263. The van der Waals surface area contributed by atoms with Gasteiger partial charge in [0.25, 0.3) is 0 Å². The molecule has 1 aliphatic heterocycles. The van der Waals surface area contributed by atoms with Crippen molar-refractivity contribution in [1.29, 1.82) is 0 Å². The first-order valence-electron chi connectivity index (χ1n) is 8.19. The van der Waals surface area contributed by atoms with Crippen LogP contribution in [0.25, 0.3) is 11.0 Å². The number of fused-ring (bicyclic) bond motifs is 2. The van der Waals surface area contributed by atoms with Crippen LogP contribution < -0.4 is 9.47 Å². The van der Waals surface area contributed by atoms with Gasteiger partial charge in [-0.1, -0.05) is 0 Å². The zero-order valence-corrected chi connectivity index (χ0v) is 14.9. The summed E-state index contributed by atoms with van der Waals surface area (Å²) in [6.45, 7) is 5.24. The van der Waals surface area contributed by atoms with E-state index in [0.29, 0.717) is 30.3 Å². The second kappa shape index (κ2) is 6.37. The van der Waals surface area contributed by atoms with Gasteiger partial charge in [-0.25, -0.2) is 4.98 Å². The van der Waals surface area contributed by atoms with Crippen LogP contribution in [0.3, 0.4) is 0 Å². The highest BCUT2D eigenvalue weighted by Crippen LogP contribution is 2.30. The topological polar surface area (TPSA) is 52.8 Å². The van der Waals surface area contributed by atoms with Gasteiger partial charge < -0.3 is 9.47 Å². The molecule has 1 aliphatic rings. The molecule has 4 rings (SSSR count). The number of hydrogen-bond donors (Lipinski definition) is 0. The summed E-state index contributed by atoms with van der Waals surface area (Å²) in [5.41, 5.74) is 2.43. The molecular formula is C19H18N2O3S. The summed E-state index contributed by atoms with van der Waals surface area (Å²) in [5, 5.41) is 0. The third-order valence-electron chi connectivity index (χ3n) is 4.09. The van der Waals surface area contributed by atoms with E-state index in [0.717, 1.165) is 22.8 Å². The Labute approximate surface area is 149 Å². The lowest BCUT2D eigenvalue weighted by molar-refractivity contribution is 0.104. The predicted molar refractivity (Wildman–Crippen MR) is 98.0 cm³/mol. The Morgan fingerprint density at radius 2 is 2.04 bits per heavy atom. The lowest BCUT2D eigenvalue weighted by Crippen LogP contribution is -1.98. The molecule has 1 aromatic carbocycles. The molecule has 3 heterocycles. The van der Waals surface area contributed by atoms with Crippen molar-refractivity contribution in [3.63, 3.8) is 0 Å². The minimum absolute atomic E-state index is 0.0723. The van der Waals surface area contributed by atoms with E-state index in [1.165, 1.54) is 4.88 Å². The highest BCUT2D eigenvalue weighted by Gasteiger charge is 2.14. The number of thiazole rings is 1. The van der Waals surface area contributed by atoms with Crippen LogP contribution in [-0.4, -0.2) is 28.4 Å². The minimum Gasteiger partial charge on any atom is -0.490 e. The second-order valence-corrected chi connectivity index (χ2v) is 7.20. The Kier molecular flexibility index (Phi) is 4.05. The molecule has 0 amide bonds. The van der Waals surface area contributed by atoms with Crippen LogP contribution in [0.4, 0.5) is 0 Å². The number of imidazole rings is 1. The average Bonchev–Trinajstić information content (AvgIpc) is 2.97. The van der Waals surface area contributed by atoms with Crippen LogP contribution in [0.15, 0.2) is 30.5 Å². The second-order valence-electron chi connectivity index (χ2n) is 5.99. The summed E-state index contributed by atoms with van der Waals surface area (Å²) in [6.07, 6.45) is 6.29. The average molecular weight is 354 g/mol. The van der Waals surface area contributed by atoms with Crippen LogP contribution in [0.1, 0.15) is 33.0 Å². The maximum Gasteiger partial charge on any atom is 0.194 e. The summed E-state index contributed by atoms with van der Waals surface area (Å²) < 4.78 is 13.3. The van der Waals surface area contributed by atoms with Gasteiger partial charge in [0.15, 0.2) is 22.2 Å². The fourth-order valence-corrected chi connectivity index (χ4v) is 3.73. The van der Waals surface area contributed by atoms with E-state index in [1.54, 1.807) is 35.6 Å². The smallest absolute Gasteiger partial charge is 0.194 e. The van der Waals surface area contributed by atoms with Gasteiger partial charge in [-0.15, -0.1) is 11.3 Å². The van der Waals surface area contributed by atoms with E-state index < -0.39 is 0 Å². The Balaban J connectivity index is 1.62. The maximum absolute atomic E-state index is 12.6. The van der Waals surface area contributed by atoms with Crippen LogP contribution in [0.5, 0.6) is 11.5 Å². The molecule has 0 N–H and O–H groups in total. The summed E-state index contributed by atoms with van der Waals surface area (Å²) >= 11 is 1.64. The molecule has 6 heteroatoms. The quantitative estimate of drug-likeness (QED) is 0.525. The van der Waals surface area contributed by atoms with E-state index in [1.807, 2.05) is 30.5 Å². The van der Waals surface area contributed by atoms with Crippen molar-refractivity contribution in [2.24, 2.45) is 0 Å². The van der Waals surface area contributed by atoms with E-state index in [4.69, 9.17) is 9.47 Å². The van der Waals surface area contributed by atoms with E-state index >= 15 is 0 Å². The molecule has 128 valence electrons. The van der Waals surface area contributed by atoms with Gasteiger partial charge in [-0.3, -0.25) is 9.20 Å². The lowest BCUT2D eigenvalue weighted by Gasteiger charge is -2.07. The fourth-order valence-electron chi connectivity index (χ4n) is 2.85. The number of benzene rings is 1. The molecule has 3 aromatic rings. The molecular weight excluding hydrogens is 336 g/mol. The molecule has 2 aromatic heterocycles. The molecule has 0 saturated carbocycles. The molecule has 0 unspecified atom stereocenters. The van der Waals surface area contributed by atoms with Crippen molar-refractivity contribution in [2.75, 3.05) is 13.2 Å². The first-order chi connectivity index (χ1) is 12.1. The summed E-state index contributed by atoms with van der Waals surface area (Å²) in [4.78, 5) is 19.2. The number of ketones is 1. The molecule has 5 nitrogen and oxygen atoms in total. The molecule has 25 heavy (non-hydrogen) atoms. The molecule has 0 atom stereocenters. The van der Waals surface area contributed by atoms with Gasteiger partial charge in [-0.05, 0) is 44.2 Å². The predicted octanol–water partition coefficient (Wildman–Crippen LogP) is 4.07. The highest BCUT2D eigenvalue weighted by molar-refractivity contribution is 7.17. The molecule has 0 aliphatic carbocycles. The van der Waals surface area contributed by atoms with E-state index in [2.05, 4.69) is 4.98 Å². The third kappa shape index (κ3) is 3.05. The Morgan fingerprint density at radius 1 is 1.24 bits per heavy atom. The molecule has 0 fully saturated rings. The van der Waals surface area contributed by atoms with Crippen molar-refractivity contribution in [2.45, 2.75) is 20.3 Å². The van der Waals surface area contributed by atoms with Gasteiger partial charge in [0.05, 0.1) is 24.6 Å². The Hall–Kier alpha value is -2.60. The number of ether oxygens (including phenoxy) is 2. The number of aromatic nitrogens is 2. The van der Waals surface area contributed by atoms with Gasteiger partial charge in [0, 0.05) is 23.1 Å². The van der Waals surface area contributed by atoms with Gasteiger partial charge in [0.2, 0.25) is 0 Å². The first kappa shape index (κ1) is 15.9. The van der Waals surface area contributed by atoms with Crippen molar-refractivity contribution >= 4 is 28.2 Å². The van der Waals surface area contributed by atoms with Gasteiger partial charge in [-0.2, -0.15) is 0 Å². The minimum atomic E-state index is -0.0723. The zero-order chi connectivity index (χ0) is 17.4. The zero-order valence-electron chi connectivity index (χ0n) is 14.1. The largest absolute Gasteiger partial charge is 0.490 e. The number of carbonyl (C=O) groups excluding carboxylic acids is 1. The number of allylic oxidation sites excluding steroid dienone is 1. The molecule has 0 spiro atoms. The van der Waals surface area contributed by atoms with Crippen molar-refractivity contribution < 1.29 is 14.3 Å². The van der Waals surface area contributed by atoms with Crippen molar-refractivity contribution in [3.8, 4) is 11.5 Å². The Morgan fingerprint density at radius 3 is 2.88 bits per heavy atom. The number of rotatable bonds is 3. The van der Waals surface area contributed by atoms with E-state index in [9.17, 15) is 4.79 Å². The standard InChI is InChI=1S/C19H18N2O3S/c1-12-11-21-15(13(2)20-19(21)25-12)5-6-16(22)14-4-7-17-18(10-14)24-9-3-8-23-17/h4-7,10-11H,3,8-9H2,1-2H3/b6-5+. The van der Waals surface area contributed by atoms with Crippen LogP contribution >= 0.6 is 11.3 Å². The normalized spacial score (nSPS) is 14.2. The number of aryl methyl sites for hydroxylation is 2. The monoisotopic (exact) mass is 354 g/mol. The van der Waals surface area contributed by atoms with Crippen LogP contribution in [0, 0.1) is 13.8 Å². The van der Waals surface area contributed by atoms with Crippen molar-refractivity contribution in [1.82, 2.24) is 9.38 Å². The molecule has 0 saturated heterocycles. The highest BCUT2D eigenvalue weighted by atomic mass is 32.1. The van der Waals surface area contributed by atoms with Crippen LogP contribution in [0.2, 0.25) is 0 Å². The lowest BCUT2D eigenvalue weighted by atomic mass is 10.1. The molecule has 0 radical (unpaired) electrons. The summed E-state index contributed by atoms with van der Waals surface area (Å²) in [6, 6.07) is 5.32. The van der Waals surface area contributed by atoms with Gasteiger partial charge in [0.1, 0.15) is 0 Å². The number of carbonyl (C=O) groups is 1. The summed E-state index contributed by atoms with van der Waals surface area (Å²) in [5.74, 6) is 1.25. The van der Waals surface area contributed by atoms with Crippen molar-refractivity contribution in [3.05, 3.63) is 52.3 Å². The Bertz CT molecular complexity index is 984. The third-order valence-corrected chi connectivity index (χ3v) is 4.99. The van der Waals surface area contributed by atoms with Gasteiger partial charge >= 0.3 is 0 Å². The number of nitrogens with zero attached hydrogens (tertiary/aromatic N) is 2. The summed E-state index contributed by atoms with van der Waals surface area (Å²) in [7, 11) is 0. The SMILES string of the molecule is Cc1cn2c(/C=C/C(=O)c3ccc4c(c3)OCCCO4)c(C)nc2s1. The maximum atomic E-state index is 12.6. The first-order valence-corrected chi connectivity index (χ1v) is 9.00. The number of hydrogen-bond acceptors (Lipinski definition) is 5. The molecule has 0 bridgehead atoms. The van der Waals surface area contributed by atoms with Crippen LogP contribution in [-0.2, 0) is 0 Å². The van der Waals surface area contributed by atoms with E-state index in [-0.39, 0.29) is 5.78 Å².